The van der Waals surface area contributed by atoms with Crippen molar-refractivity contribution in [1.29, 1.82) is 0 Å². The van der Waals surface area contributed by atoms with Gasteiger partial charge in [-0.3, -0.25) is 15.1 Å². The lowest BCUT2D eigenvalue weighted by atomic mass is 10.2. The number of aromatic carboxylic acids is 1. The molecular formula is C14H9N2O4-. The van der Waals surface area contributed by atoms with E-state index in [9.17, 15) is 20.0 Å². The Hall–Kier alpha value is -3.02. The van der Waals surface area contributed by atoms with Gasteiger partial charge in [-0.15, -0.1) is 0 Å². The summed E-state index contributed by atoms with van der Waals surface area (Å²) in [7, 11) is 0. The summed E-state index contributed by atoms with van der Waals surface area (Å²) in [5.74, 6) is -1.25. The van der Waals surface area contributed by atoms with Crippen LogP contribution in [-0.4, -0.2) is 17.1 Å². The lowest BCUT2D eigenvalue weighted by Crippen LogP contribution is -2.21. The number of carboxylic acids is 1. The molecule has 2 aromatic carbocycles. The largest absolute Gasteiger partial charge is 0.545 e. The average molecular weight is 269 g/mol. The van der Waals surface area contributed by atoms with Crippen LogP contribution in [0.1, 0.15) is 15.9 Å². The van der Waals surface area contributed by atoms with Gasteiger partial charge in [-0.25, -0.2) is 0 Å². The van der Waals surface area contributed by atoms with Gasteiger partial charge in [0.05, 0.1) is 16.6 Å². The average Bonchev–Trinajstić information content (AvgIpc) is 2.46. The van der Waals surface area contributed by atoms with Crippen LogP contribution in [0.15, 0.2) is 53.5 Å². The molecule has 0 saturated heterocycles. The fourth-order valence-electron chi connectivity index (χ4n) is 1.55. The number of nitro groups is 1. The normalized spacial score (nSPS) is 10.6. The number of benzene rings is 2. The highest BCUT2D eigenvalue weighted by Crippen LogP contribution is 2.15. The zero-order chi connectivity index (χ0) is 14.5. The van der Waals surface area contributed by atoms with Crippen LogP contribution in [0.5, 0.6) is 0 Å². The van der Waals surface area contributed by atoms with E-state index in [1.165, 1.54) is 42.6 Å². The molecule has 20 heavy (non-hydrogen) atoms. The third kappa shape index (κ3) is 3.26. The van der Waals surface area contributed by atoms with Crippen molar-refractivity contribution in [3.63, 3.8) is 0 Å². The first-order chi connectivity index (χ1) is 9.56. The molecule has 0 radical (unpaired) electrons. The number of nitro benzene ring substituents is 1. The molecule has 0 aliphatic heterocycles. The summed E-state index contributed by atoms with van der Waals surface area (Å²) in [4.78, 5) is 24.8. The number of rotatable bonds is 4. The van der Waals surface area contributed by atoms with Crippen LogP contribution < -0.4 is 5.11 Å². The Bertz CT molecular complexity index is 678. The van der Waals surface area contributed by atoms with E-state index in [-0.39, 0.29) is 11.3 Å². The van der Waals surface area contributed by atoms with E-state index in [4.69, 9.17) is 0 Å². The maximum absolute atomic E-state index is 10.6. The Morgan fingerprint density at radius 2 is 1.85 bits per heavy atom. The van der Waals surface area contributed by atoms with Crippen LogP contribution in [0.25, 0.3) is 0 Å². The summed E-state index contributed by atoms with van der Waals surface area (Å²) < 4.78 is 0. The number of aliphatic imine (C=N–C) groups is 1. The van der Waals surface area contributed by atoms with Crippen LogP contribution in [0, 0.1) is 10.1 Å². The molecule has 6 heteroatoms. The topological polar surface area (TPSA) is 95.6 Å². The zero-order valence-electron chi connectivity index (χ0n) is 10.2. The molecule has 0 atom stereocenters. The number of carboxylic acid groups (broad SMARTS) is 1. The minimum absolute atomic E-state index is 0.0127. The van der Waals surface area contributed by atoms with E-state index >= 15 is 0 Å². The highest BCUT2D eigenvalue weighted by Gasteiger charge is 2.03. The van der Waals surface area contributed by atoms with Crippen LogP contribution in [-0.2, 0) is 0 Å². The number of nitrogens with zero attached hydrogens (tertiary/aromatic N) is 2. The molecule has 0 bridgehead atoms. The van der Waals surface area contributed by atoms with E-state index in [0.29, 0.717) is 11.3 Å². The molecule has 0 aromatic heterocycles. The molecular weight excluding hydrogens is 260 g/mol. The predicted molar refractivity (Wildman–Crippen MR) is 71.1 cm³/mol. The Morgan fingerprint density at radius 3 is 2.45 bits per heavy atom. The summed E-state index contributed by atoms with van der Waals surface area (Å²) in [6, 6.07) is 11.9. The first-order valence-corrected chi connectivity index (χ1v) is 5.66. The molecule has 0 spiro atoms. The van der Waals surface area contributed by atoms with E-state index in [0.717, 1.165) is 0 Å². The first kappa shape index (κ1) is 13.4. The lowest BCUT2D eigenvalue weighted by molar-refractivity contribution is -0.384. The summed E-state index contributed by atoms with van der Waals surface area (Å²) in [5.41, 5.74) is 1.19. The van der Waals surface area contributed by atoms with Crippen molar-refractivity contribution in [3.05, 3.63) is 69.8 Å². The fraction of sp³-hybridized carbons (Fsp3) is 0. The van der Waals surface area contributed by atoms with Crippen molar-refractivity contribution in [2.24, 2.45) is 4.99 Å². The van der Waals surface area contributed by atoms with E-state index < -0.39 is 10.9 Å². The van der Waals surface area contributed by atoms with Gasteiger partial charge in [-0.05, 0) is 23.3 Å². The van der Waals surface area contributed by atoms with Crippen molar-refractivity contribution in [2.45, 2.75) is 0 Å². The number of carbonyl (C=O) groups excluding carboxylic acids is 1. The number of hydrogen-bond donors (Lipinski definition) is 0. The molecule has 0 heterocycles. The smallest absolute Gasteiger partial charge is 0.270 e. The Kier molecular flexibility index (Phi) is 3.85. The molecule has 100 valence electrons. The number of carbonyl (C=O) groups is 1. The second-order valence-electron chi connectivity index (χ2n) is 3.94. The van der Waals surface area contributed by atoms with Crippen molar-refractivity contribution >= 4 is 23.6 Å². The second kappa shape index (κ2) is 5.75. The fourth-order valence-corrected chi connectivity index (χ4v) is 1.55. The predicted octanol–water partition coefficient (Wildman–Crippen LogP) is 1.71. The third-order valence-electron chi connectivity index (χ3n) is 2.55. The van der Waals surface area contributed by atoms with Crippen LogP contribution in [0.4, 0.5) is 11.4 Å². The summed E-state index contributed by atoms with van der Waals surface area (Å²) >= 11 is 0. The first-order valence-electron chi connectivity index (χ1n) is 5.66. The Morgan fingerprint density at radius 1 is 1.15 bits per heavy atom. The molecule has 6 nitrogen and oxygen atoms in total. The zero-order valence-corrected chi connectivity index (χ0v) is 10.2. The molecule has 0 aliphatic rings. The van der Waals surface area contributed by atoms with Crippen LogP contribution >= 0.6 is 0 Å². The summed E-state index contributed by atoms with van der Waals surface area (Å²) in [6.07, 6.45) is 1.47. The summed E-state index contributed by atoms with van der Waals surface area (Å²) in [6.45, 7) is 0. The van der Waals surface area contributed by atoms with Gasteiger partial charge in [0.25, 0.3) is 5.69 Å². The van der Waals surface area contributed by atoms with Crippen LogP contribution in [0.2, 0.25) is 0 Å². The van der Waals surface area contributed by atoms with Gasteiger partial charge in [0.15, 0.2) is 0 Å². The van der Waals surface area contributed by atoms with Gasteiger partial charge in [0.2, 0.25) is 0 Å². The molecule has 0 N–H and O–H groups in total. The van der Waals surface area contributed by atoms with Gasteiger partial charge < -0.3 is 9.90 Å². The van der Waals surface area contributed by atoms with Gasteiger partial charge in [0, 0.05) is 18.3 Å². The highest BCUT2D eigenvalue weighted by molar-refractivity contribution is 5.87. The summed E-state index contributed by atoms with van der Waals surface area (Å²) in [5, 5.41) is 21.2. The van der Waals surface area contributed by atoms with Crippen LogP contribution in [0.3, 0.4) is 0 Å². The monoisotopic (exact) mass is 269 g/mol. The van der Waals surface area contributed by atoms with E-state index in [2.05, 4.69) is 4.99 Å². The molecule has 0 unspecified atom stereocenters. The molecule has 0 amide bonds. The standard InChI is InChI=1S/C14H10N2O4/c17-14(18)11-4-6-12(7-5-11)15-9-10-2-1-3-13(8-10)16(19)20/h1-9H,(H,17,18)/p-1. The minimum atomic E-state index is -1.25. The van der Waals surface area contributed by atoms with Crippen molar-refractivity contribution in [2.75, 3.05) is 0 Å². The number of non-ortho nitro benzene ring substituents is 1. The molecule has 0 fully saturated rings. The second-order valence-corrected chi connectivity index (χ2v) is 3.94. The molecule has 2 rings (SSSR count). The number of hydrogen-bond acceptors (Lipinski definition) is 5. The molecule has 0 saturated carbocycles. The van der Waals surface area contributed by atoms with Crippen molar-refractivity contribution < 1.29 is 14.8 Å². The molecule has 2 aromatic rings. The Labute approximate surface area is 114 Å². The molecule has 0 aliphatic carbocycles. The van der Waals surface area contributed by atoms with Gasteiger partial charge >= 0.3 is 0 Å². The lowest BCUT2D eigenvalue weighted by Gasteiger charge is -2.01. The van der Waals surface area contributed by atoms with Gasteiger partial charge in [0.1, 0.15) is 0 Å². The maximum Gasteiger partial charge on any atom is 0.270 e. The van der Waals surface area contributed by atoms with Gasteiger partial charge in [-0.1, -0.05) is 24.3 Å². The van der Waals surface area contributed by atoms with Gasteiger partial charge in [-0.2, -0.15) is 0 Å². The van der Waals surface area contributed by atoms with Crippen molar-refractivity contribution in [3.8, 4) is 0 Å². The van der Waals surface area contributed by atoms with Crippen molar-refractivity contribution in [1.82, 2.24) is 0 Å². The van der Waals surface area contributed by atoms with E-state index in [1.54, 1.807) is 12.1 Å². The third-order valence-corrected chi connectivity index (χ3v) is 2.55. The van der Waals surface area contributed by atoms with E-state index in [1.807, 2.05) is 0 Å². The Balaban J connectivity index is 2.18. The maximum atomic E-state index is 10.6. The quantitative estimate of drug-likeness (QED) is 0.479. The SMILES string of the molecule is O=C([O-])c1ccc(N=Cc2cccc([N+](=O)[O-])c2)cc1. The minimum Gasteiger partial charge on any atom is -0.545 e. The highest BCUT2D eigenvalue weighted by atomic mass is 16.6.